The maximum absolute atomic E-state index is 11.1. The van der Waals surface area contributed by atoms with E-state index < -0.39 is 0 Å². The molecule has 1 heterocycles. The van der Waals surface area contributed by atoms with Crippen molar-refractivity contribution < 1.29 is 9.53 Å². The summed E-state index contributed by atoms with van der Waals surface area (Å²) >= 11 is 0. The first kappa shape index (κ1) is 11.6. The fourth-order valence-corrected chi connectivity index (χ4v) is 1.12. The van der Waals surface area contributed by atoms with Crippen LogP contribution < -0.4 is 5.32 Å². The third kappa shape index (κ3) is 5.05. The van der Waals surface area contributed by atoms with Gasteiger partial charge in [0.1, 0.15) is 0 Å². The van der Waals surface area contributed by atoms with Crippen molar-refractivity contribution in [2.24, 2.45) is 0 Å². The number of hydrogen-bond donors (Lipinski definition) is 1. The number of rotatable bonds is 5. The lowest BCUT2D eigenvalue weighted by atomic mass is 10.4. The van der Waals surface area contributed by atoms with Gasteiger partial charge in [-0.3, -0.25) is 4.68 Å². The molecule has 0 aliphatic rings. The lowest BCUT2D eigenvalue weighted by molar-refractivity contribution is 0.115. The van der Waals surface area contributed by atoms with Crippen LogP contribution >= 0.6 is 0 Å². The largest absolute Gasteiger partial charge is 0.447 e. The Labute approximate surface area is 89.4 Å². The summed E-state index contributed by atoms with van der Waals surface area (Å²) in [5.74, 6) is 0. The van der Waals surface area contributed by atoms with E-state index in [1.807, 2.05) is 30.8 Å². The SMILES string of the molecule is CC(C)OC(=O)NCCCn1cccn1. The molecular formula is C10H17N3O2. The van der Waals surface area contributed by atoms with Gasteiger partial charge in [0.2, 0.25) is 0 Å². The monoisotopic (exact) mass is 211 g/mol. The van der Waals surface area contributed by atoms with E-state index in [4.69, 9.17) is 4.74 Å². The highest BCUT2D eigenvalue weighted by Gasteiger charge is 2.02. The second-order valence-electron chi connectivity index (χ2n) is 3.50. The Bertz CT molecular complexity index is 283. The number of aryl methyl sites for hydroxylation is 1. The van der Waals surface area contributed by atoms with E-state index >= 15 is 0 Å². The molecule has 1 amide bonds. The number of hydrogen-bond acceptors (Lipinski definition) is 3. The summed E-state index contributed by atoms with van der Waals surface area (Å²) in [4.78, 5) is 11.1. The third-order valence-electron chi connectivity index (χ3n) is 1.74. The fraction of sp³-hybridized carbons (Fsp3) is 0.600. The minimum absolute atomic E-state index is 0.0730. The molecule has 0 saturated heterocycles. The quantitative estimate of drug-likeness (QED) is 0.749. The summed E-state index contributed by atoms with van der Waals surface area (Å²) in [6.45, 7) is 5.05. The van der Waals surface area contributed by atoms with Crippen LogP contribution in [0.25, 0.3) is 0 Å². The normalized spacial score (nSPS) is 10.3. The van der Waals surface area contributed by atoms with E-state index in [0.717, 1.165) is 13.0 Å². The van der Waals surface area contributed by atoms with Crippen molar-refractivity contribution in [2.45, 2.75) is 32.9 Å². The van der Waals surface area contributed by atoms with Crippen molar-refractivity contribution in [1.29, 1.82) is 0 Å². The van der Waals surface area contributed by atoms with Crippen LogP contribution in [0.3, 0.4) is 0 Å². The first-order valence-electron chi connectivity index (χ1n) is 5.10. The third-order valence-corrected chi connectivity index (χ3v) is 1.74. The van der Waals surface area contributed by atoms with E-state index in [0.29, 0.717) is 6.54 Å². The van der Waals surface area contributed by atoms with E-state index in [1.165, 1.54) is 0 Å². The lowest BCUT2D eigenvalue weighted by Crippen LogP contribution is -2.28. The second kappa shape index (κ2) is 6.06. The summed E-state index contributed by atoms with van der Waals surface area (Å²) in [5.41, 5.74) is 0. The van der Waals surface area contributed by atoms with Crippen molar-refractivity contribution >= 4 is 6.09 Å². The van der Waals surface area contributed by atoms with Gasteiger partial charge >= 0.3 is 6.09 Å². The second-order valence-corrected chi connectivity index (χ2v) is 3.50. The van der Waals surface area contributed by atoms with E-state index in [-0.39, 0.29) is 12.2 Å². The van der Waals surface area contributed by atoms with Gasteiger partial charge in [-0.2, -0.15) is 5.10 Å². The topological polar surface area (TPSA) is 56.1 Å². The van der Waals surface area contributed by atoms with Gasteiger partial charge in [0.25, 0.3) is 0 Å². The van der Waals surface area contributed by atoms with Crippen LogP contribution in [-0.2, 0) is 11.3 Å². The average Bonchev–Trinajstić information content (AvgIpc) is 2.63. The van der Waals surface area contributed by atoms with Crippen molar-refractivity contribution in [3.63, 3.8) is 0 Å². The molecule has 0 spiro atoms. The molecule has 0 atom stereocenters. The summed E-state index contributed by atoms with van der Waals surface area (Å²) < 4.78 is 6.74. The van der Waals surface area contributed by atoms with Crippen molar-refractivity contribution in [3.8, 4) is 0 Å². The summed E-state index contributed by atoms with van der Waals surface area (Å²) in [6, 6.07) is 1.88. The molecule has 0 aliphatic heterocycles. The number of aromatic nitrogens is 2. The van der Waals surface area contributed by atoms with Crippen LogP contribution in [0.4, 0.5) is 4.79 Å². The van der Waals surface area contributed by atoms with E-state index in [1.54, 1.807) is 6.20 Å². The summed E-state index contributed by atoms with van der Waals surface area (Å²) in [6.07, 6.45) is 4.04. The Morgan fingerprint density at radius 2 is 2.40 bits per heavy atom. The van der Waals surface area contributed by atoms with Crippen LogP contribution in [0.5, 0.6) is 0 Å². The molecule has 1 rings (SSSR count). The zero-order chi connectivity index (χ0) is 11.1. The predicted molar refractivity (Wildman–Crippen MR) is 56.5 cm³/mol. The van der Waals surface area contributed by atoms with Gasteiger partial charge in [-0.25, -0.2) is 4.79 Å². The van der Waals surface area contributed by atoms with E-state index in [9.17, 15) is 4.79 Å². The number of amides is 1. The van der Waals surface area contributed by atoms with Gasteiger partial charge in [0.15, 0.2) is 0 Å². The van der Waals surface area contributed by atoms with Crippen LogP contribution in [0.1, 0.15) is 20.3 Å². The molecule has 1 aromatic heterocycles. The van der Waals surface area contributed by atoms with E-state index in [2.05, 4.69) is 10.4 Å². The highest BCUT2D eigenvalue weighted by Crippen LogP contribution is 1.90. The Morgan fingerprint density at radius 3 is 3.00 bits per heavy atom. The number of nitrogens with one attached hydrogen (secondary N) is 1. The summed E-state index contributed by atoms with van der Waals surface area (Å²) in [7, 11) is 0. The van der Waals surface area contributed by atoms with Crippen LogP contribution in [0.15, 0.2) is 18.5 Å². The molecule has 1 aromatic rings. The molecule has 0 radical (unpaired) electrons. The number of alkyl carbamates (subject to hydrolysis) is 1. The number of carbonyl (C=O) groups is 1. The molecule has 84 valence electrons. The number of nitrogens with zero attached hydrogens (tertiary/aromatic N) is 2. The van der Waals surface area contributed by atoms with Crippen LogP contribution in [0, 0.1) is 0 Å². The number of carbonyl (C=O) groups excluding carboxylic acids is 1. The molecular weight excluding hydrogens is 194 g/mol. The first-order valence-corrected chi connectivity index (χ1v) is 5.10. The van der Waals surface area contributed by atoms with Crippen LogP contribution in [-0.4, -0.2) is 28.5 Å². The van der Waals surface area contributed by atoms with Gasteiger partial charge in [-0.05, 0) is 26.3 Å². The highest BCUT2D eigenvalue weighted by molar-refractivity contribution is 5.67. The van der Waals surface area contributed by atoms with Crippen molar-refractivity contribution in [3.05, 3.63) is 18.5 Å². The zero-order valence-corrected chi connectivity index (χ0v) is 9.14. The smallest absolute Gasteiger partial charge is 0.407 e. The Hall–Kier alpha value is -1.52. The molecule has 0 saturated carbocycles. The van der Waals surface area contributed by atoms with Gasteiger partial charge in [0, 0.05) is 25.5 Å². The first-order chi connectivity index (χ1) is 7.18. The Kier molecular flexibility index (Phi) is 4.66. The van der Waals surface area contributed by atoms with Gasteiger partial charge in [-0.1, -0.05) is 0 Å². The standard InChI is InChI=1S/C10H17N3O2/c1-9(2)15-10(14)11-5-3-7-13-8-4-6-12-13/h4,6,8-9H,3,5,7H2,1-2H3,(H,11,14). The molecule has 0 unspecified atom stereocenters. The minimum Gasteiger partial charge on any atom is -0.447 e. The van der Waals surface area contributed by atoms with Gasteiger partial charge < -0.3 is 10.1 Å². The molecule has 0 bridgehead atoms. The molecule has 1 N–H and O–H groups in total. The van der Waals surface area contributed by atoms with Gasteiger partial charge in [0.05, 0.1) is 6.10 Å². The maximum Gasteiger partial charge on any atom is 0.407 e. The molecule has 15 heavy (non-hydrogen) atoms. The van der Waals surface area contributed by atoms with Crippen LogP contribution in [0.2, 0.25) is 0 Å². The number of ether oxygens (including phenoxy) is 1. The zero-order valence-electron chi connectivity index (χ0n) is 9.14. The molecule has 0 aliphatic carbocycles. The molecule has 0 fully saturated rings. The Morgan fingerprint density at radius 1 is 1.60 bits per heavy atom. The van der Waals surface area contributed by atoms with Gasteiger partial charge in [-0.15, -0.1) is 0 Å². The lowest BCUT2D eigenvalue weighted by Gasteiger charge is -2.09. The maximum atomic E-state index is 11.1. The predicted octanol–water partition coefficient (Wildman–Crippen LogP) is 1.41. The van der Waals surface area contributed by atoms with Crippen molar-refractivity contribution in [1.82, 2.24) is 15.1 Å². The molecule has 5 heteroatoms. The molecule has 0 aromatic carbocycles. The average molecular weight is 211 g/mol. The Balaban J connectivity index is 2.04. The van der Waals surface area contributed by atoms with Crippen molar-refractivity contribution in [2.75, 3.05) is 6.54 Å². The minimum atomic E-state index is -0.356. The highest BCUT2D eigenvalue weighted by atomic mass is 16.6. The molecule has 5 nitrogen and oxygen atoms in total. The fourth-order valence-electron chi connectivity index (χ4n) is 1.12. The summed E-state index contributed by atoms with van der Waals surface area (Å²) in [5, 5.41) is 6.73.